The molecule has 0 bridgehead atoms. The standard InChI is InChI=1S/C14H18BrNOS/c1-9-3-2-4-11(7-9)16-14(17)12-6-5-10(15)8-13(12)18/h5-6,8-9,11,18H,2-4,7H2,1H3,(H,16,17). The van der Waals surface area contributed by atoms with Crippen LogP contribution in [0.2, 0.25) is 0 Å². The summed E-state index contributed by atoms with van der Waals surface area (Å²) >= 11 is 7.72. The summed E-state index contributed by atoms with van der Waals surface area (Å²) in [5, 5.41) is 3.12. The highest BCUT2D eigenvalue weighted by Gasteiger charge is 2.21. The molecule has 1 aromatic carbocycles. The van der Waals surface area contributed by atoms with Gasteiger partial charge in [0.1, 0.15) is 0 Å². The maximum absolute atomic E-state index is 12.2. The van der Waals surface area contributed by atoms with E-state index < -0.39 is 0 Å². The van der Waals surface area contributed by atoms with E-state index in [2.05, 4.69) is 40.8 Å². The second-order valence-corrected chi connectivity index (χ2v) is 6.50. The Balaban J connectivity index is 2.03. The minimum absolute atomic E-state index is 0.00778. The van der Waals surface area contributed by atoms with E-state index in [1.807, 2.05) is 18.2 Å². The smallest absolute Gasteiger partial charge is 0.252 e. The molecular weight excluding hydrogens is 310 g/mol. The first kappa shape index (κ1) is 13.9. The Kier molecular flexibility index (Phi) is 4.73. The van der Waals surface area contributed by atoms with Crippen molar-refractivity contribution in [3.8, 4) is 0 Å². The minimum atomic E-state index is -0.00778. The molecule has 4 heteroatoms. The number of hydrogen-bond acceptors (Lipinski definition) is 2. The molecule has 18 heavy (non-hydrogen) atoms. The molecule has 2 rings (SSSR count). The molecule has 0 radical (unpaired) electrons. The fourth-order valence-electron chi connectivity index (χ4n) is 2.53. The molecule has 1 aliphatic rings. The Hall–Kier alpha value is -0.480. The molecule has 0 aromatic heterocycles. The Morgan fingerprint density at radius 3 is 2.89 bits per heavy atom. The van der Waals surface area contributed by atoms with Crippen molar-refractivity contribution < 1.29 is 4.79 Å². The van der Waals surface area contributed by atoms with Gasteiger partial charge in [0.15, 0.2) is 0 Å². The largest absolute Gasteiger partial charge is 0.349 e. The van der Waals surface area contributed by atoms with Gasteiger partial charge in [0.2, 0.25) is 0 Å². The Morgan fingerprint density at radius 2 is 2.22 bits per heavy atom. The lowest BCUT2D eigenvalue weighted by molar-refractivity contribution is 0.0918. The van der Waals surface area contributed by atoms with Crippen molar-refractivity contribution >= 4 is 34.5 Å². The van der Waals surface area contributed by atoms with Gasteiger partial charge in [0.05, 0.1) is 5.56 Å². The minimum Gasteiger partial charge on any atom is -0.349 e. The highest BCUT2D eigenvalue weighted by atomic mass is 79.9. The van der Waals surface area contributed by atoms with Crippen LogP contribution in [-0.4, -0.2) is 11.9 Å². The summed E-state index contributed by atoms with van der Waals surface area (Å²) in [6.45, 7) is 2.25. The topological polar surface area (TPSA) is 29.1 Å². The summed E-state index contributed by atoms with van der Waals surface area (Å²) in [6, 6.07) is 5.85. The summed E-state index contributed by atoms with van der Waals surface area (Å²) in [7, 11) is 0. The Labute approximate surface area is 122 Å². The molecule has 2 unspecified atom stereocenters. The van der Waals surface area contributed by atoms with Gasteiger partial charge in [0.25, 0.3) is 5.91 Å². The van der Waals surface area contributed by atoms with Crippen LogP contribution in [0.25, 0.3) is 0 Å². The predicted molar refractivity (Wildman–Crippen MR) is 80.3 cm³/mol. The maximum Gasteiger partial charge on any atom is 0.252 e. The van der Waals surface area contributed by atoms with Crippen LogP contribution in [0.1, 0.15) is 43.0 Å². The van der Waals surface area contributed by atoms with Gasteiger partial charge >= 0.3 is 0 Å². The number of carbonyl (C=O) groups is 1. The third-order valence-electron chi connectivity index (χ3n) is 3.48. The number of amides is 1. The molecule has 1 N–H and O–H groups in total. The number of halogens is 1. The first-order valence-electron chi connectivity index (χ1n) is 6.35. The molecule has 2 atom stereocenters. The Morgan fingerprint density at radius 1 is 1.44 bits per heavy atom. The molecule has 2 nitrogen and oxygen atoms in total. The van der Waals surface area contributed by atoms with Crippen LogP contribution in [0, 0.1) is 5.92 Å². The lowest BCUT2D eigenvalue weighted by Gasteiger charge is -2.27. The van der Waals surface area contributed by atoms with Crippen LogP contribution in [-0.2, 0) is 0 Å². The fraction of sp³-hybridized carbons (Fsp3) is 0.500. The molecule has 98 valence electrons. The number of carbonyl (C=O) groups excluding carboxylic acids is 1. The van der Waals surface area contributed by atoms with Gasteiger partial charge in [-0.2, -0.15) is 0 Å². The second-order valence-electron chi connectivity index (χ2n) is 5.10. The van der Waals surface area contributed by atoms with Gasteiger partial charge in [-0.05, 0) is 37.0 Å². The van der Waals surface area contributed by atoms with E-state index in [0.717, 1.165) is 17.3 Å². The fourth-order valence-corrected chi connectivity index (χ4v) is 3.38. The average molecular weight is 328 g/mol. The number of thiol groups is 1. The molecule has 1 aliphatic carbocycles. The van der Waals surface area contributed by atoms with Crippen molar-refractivity contribution in [1.82, 2.24) is 5.32 Å². The zero-order valence-corrected chi connectivity index (χ0v) is 12.9. The van der Waals surface area contributed by atoms with E-state index in [4.69, 9.17) is 0 Å². The first-order chi connectivity index (χ1) is 8.56. The van der Waals surface area contributed by atoms with Crippen molar-refractivity contribution in [2.75, 3.05) is 0 Å². The normalized spacial score (nSPS) is 23.7. The first-order valence-corrected chi connectivity index (χ1v) is 7.59. The molecule has 1 amide bonds. The van der Waals surface area contributed by atoms with Crippen molar-refractivity contribution in [3.63, 3.8) is 0 Å². The van der Waals surface area contributed by atoms with Gasteiger partial charge in [-0.15, -0.1) is 12.6 Å². The number of rotatable bonds is 2. The van der Waals surface area contributed by atoms with Crippen molar-refractivity contribution in [3.05, 3.63) is 28.2 Å². The molecule has 0 aliphatic heterocycles. The summed E-state index contributed by atoms with van der Waals surface area (Å²) in [6.07, 6.45) is 4.67. The summed E-state index contributed by atoms with van der Waals surface area (Å²) in [5.74, 6) is 0.705. The van der Waals surface area contributed by atoms with Crippen LogP contribution in [0.5, 0.6) is 0 Å². The van der Waals surface area contributed by atoms with E-state index in [9.17, 15) is 4.79 Å². The zero-order valence-electron chi connectivity index (χ0n) is 10.4. The average Bonchev–Trinajstić information content (AvgIpc) is 2.28. The molecule has 0 spiro atoms. The van der Waals surface area contributed by atoms with Crippen molar-refractivity contribution in [2.24, 2.45) is 5.92 Å². The molecule has 1 saturated carbocycles. The van der Waals surface area contributed by atoms with E-state index >= 15 is 0 Å². The molecular formula is C14H18BrNOS. The molecule has 1 aromatic rings. The number of nitrogens with one attached hydrogen (secondary N) is 1. The number of benzene rings is 1. The zero-order chi connectivity index (χ0) is 13.1. The predicted octanol–water partition coefficient (Wildman–Crippen LogP) is 4.05. The van der Waals surface area contributed by atoms with Gasteiger partial charge in [-0.25, -0.2) is 0 Å². The molecule has 0 heterocycles. The van der Waals surface area contributed by atoms with Crippen LogP contribution in [0.15, 0.2) is 27.6 Å². The summed E-state index contributed by atoms with van der Waals surface area (Å²) in [5.41, 5.74) is 0.653. The lowest BCUT2D eigenvalue weighted by atomic mass is 9.87. The quantitative estimate of drug-likeness (QED) is 0.788. The highest BCUT2D eigenvalue weighted by Crippen LogP contribution is 2.25. The van der Waals surface area contributed by atoms with Crippen LogP contribution >= 0.6 is 28.6 Å². The van der Waals surface area contributed by atoms with Crippen LogP contribution in [0.4, 0.5) is 0 Å². The van der Waals surface area contributed by atoms with Gasteiger partial charge in [0, 0.05) is 15.4 Å². The number of hydrogen-bond donors (Lipinski definition) is 2. The van der Waals surface area contributed by atoms with E-state index in [-0.39, 0.29) is 5.91 Å². The van der Waals surface area contributed by atoms with Gasteiger partial charge in [-0.1, -0.05) is 35.7 Å². The van der Waals surface area contributed by atoms with Crippen LogP contribution in [0.3, 0.4) is 0 Å². The third-order valence-corrected chi connectivity index (χ3v) is 4.34. The van der Waals surface area contributed by atoms with E-state index in [0.29, 0.717) is 22.4 Å². The molecule has 1 fully saturated rings. The van der Waals surface area contributed by atoms with Crippen molar-refractivity contribution in [2.45, 2.75) is 43.5 Å². The van der Waals surface area contributed by atoms with Gasteiger partial charge in [-0.3, -0.25) is 4.79 Å². The molecule has 0 saturated heterocycles. The summed E-state index contributed by atoms with van der Waals surface area (Å²) < 4.78 is 0.940. The second kappa shape index (κ2) is 6.11. The van der Waals surface area contributed by atoms with Gasteiger partial charge < -0.3 is 5.32 Å². The Bertz CT molecular complexity index is 449. The van der Waals surface area contributed by atoms with Crippen LogP contribution < -0.4 is 5.32 Å². The SMILES string of the molecule is CC1CCCC(NC(=O)c2ccc(Br)cc2S)C1. The van der Waals surface area contributed by atoms with E-state index in [1.54, 1.807) is 0 Å². The van der Waals surface area contributed by atoms with E-state index in [1.165, 1.54) is 12.8 Å². The third kappa shape index (κ3) is 3.51. The summed E-state index contributed by atoms with van der Waals surface area (Å²) in [4.78, 5) is 12.9. The monoisotopic (exact) mass is 327 g/mol. The lowest BCUT2D eigenvalue weighted by Crippen LogP contribution is -2.38. The maximum atomic E-state index is 12.2. The van der Waals surface area contributed by atoms with Crippen molar-refractivity contribution in [1.29, 1.82) is 0 Å². The highest BCUT2D eigenvalue weighted by molar-refractivity contribution is 9.10.